The van der Waals surface area contributed by atoms with Crippen molar-refractivity contribution >= 4 is 21.8 Å². The van der Waals surface area contributed by atoms with Gasteiger partial charge in [-0.05, 0) is 18.2 Å². The van der Waals surface area contributed by atoms with Gasteiger partial charge in [-0.1, -0.05) is 56.7 Å². The summed E-state index contributed by atoms with van der Waals surface area (Å²) >= 11 is 0. The Hall–Kier alpha value is -1.89. The fraction of sp³-hybridized carbons (Fsp3) is 0.188. The zero-order valence-electron chi connectivity index (χ0n) is 10.4. The quantitative estimate of drug-likeness (QED) is 0.499. The summed E-state index contributed by atoms with van der Waals surface area (Å²) in [6, 6.07) is 18.6. The first kappa shape index (κ1) is 11.6. The second-order valence-electron chi connectivity index (χ2n) is 4.08. The molecule has 2 aromatic carbocycles. The normalized spacial score (nSPS) is 10.0. The van der Waals surface area contributed by atoms with E-state index in [1.807, 2.05) is 36.4 Å². The smallest absolute Gasteiger partial charge is 0.0709 e. The van der Waals surface area contributed by atoms with Gasteiger partial charge >= 0.3 is 0 Å². The predicted octanol–water partition coefficient (Wildman–Crippen LogP) is 4.80. The minimum absolute atomic E-state index is 1.06. The summed E-state index contributed by atoms with van der Waals surface area (Å²) in [5, 5.41) is 2.40. The van der Waals surface area contributed by atoms with Gasteiger partial charge in [-0.15, -0.1) is 0 Å². The number of aromatic nitrogens is 1. The molecule has 0 aliphatic heterocycles. The molecule has 1 nitrogen and oxygen atoms in total. The summed E-state index contributed by atoms with van der Waals surface area (Å²) in [5.41, 5.74) is 2.12. The topological polar surface area (TPSA) is 12.9 Å². The van der Waals surface area contributed by atoms with Gasteiger partial charge in [0.1, 0.15) is 0 Å². The van der Waals surface area contributed by atoms with Crippen LogP contribution in [0.4, 0.5) is 0 Å². The van der Waals surface area contributed by atoms with Crippen LogP contribution in [0.25, 0.3) is 21.8 Å². The molecule has 0 saturated carbocycles. The molecule has 0 amide bonds. The standard InChI is InChI=1S/C13H9N.C3H8/c1-3-7-12-10(5-1)9-11-6-2-4-8-13(11)14-12;1-3-2/h1-9H;3H2,1-2H3. The van der Waals surface area contributed by atoms with E-state index in [0.717, 1.165) is 11.0 Å². The highest BCUT2D eigenvalue weighted by Gasteiger charge is 1.96. The first-order valence-corrected chi connectivity index (χ1v) is 6.09. The van der Waals surface area contributed by atoms with Gasteiger partial charge in [0.15, 0.2) is 0 Å². The Kier molecular flexibility index (Phi) is 3.71. The van der Waals surface area contributed by atoms with Crippen molar-refractivity contribution in [3.05, 3.63) is 54.6 Å². The zero-order chi connectivity index (χ0) is 12.1. The molecule has 0 fully saturated rings. The largest absolute Gasteiger partial charge is 0.248 e. The summed E-state index contributed by atoms with van der Waals surface area (Å²) in [4.78, 5) is 4.58. The molecule has 0 aliphatic carbocycles. The van der Waals surface area contributed by atoms with E-state index < -0.39 is 0 Å². The van der Waals surface area contributed by atoms with Crippen molar-refractivity contribution in [3.63, 3.8) is 0 Å². The molecule has 0 spiro atoms. The van der Waals surface area contributed by atoms with E-state index in [0.29, 0.717) is 0 Å². The molecule has 0 atom stereocenters. The zero-order valence-corrected chi connectivity index (χ0v) is 10.4. The SMILES string of the molecule is CCC.c1ccc2nc3ccccc3cc2c1. The molecule has 0 N–H and O–H groups in total. The number of para-hydroxylation sites is 2. The van der Waals surface area contributed by atoms with E-state index in [-0.39, 0.29) is 0 Å². The Morgan fingerprint density at radius 3 is 1.65 bits per heavy atom. The average Bonchev–Trinajstić information content (AvgIpc) is 2.37. The molecular weight excluding hydrogens is 206 g/mol. The van der Waals surface area contributed by atoms with Crippen LogP contribution in [0.3, 0.4) is 0 Å². The van der Waals surface area contributed by atoms with Gasteiger partial charge in [0.05, 0.1) is 11.0 Å². The van der Waals surface area contributed by atoms with Gasteiger partial charge in [-0.25, -0.2) is 4.98 Å². The van der Waals surface area contributed by atoms with Gasteiger partial charge in [0.2, 0.25) is 0 Å². The molecule has 0 saturated heterocycles. The Labute approximate surface area is 102 Å². The molecular formula is C16H17N. The van der Waals surface area contributed by atoms with Gasteiger partial charge in [-0.2, -0.15) is 0 Å². The summed E-state index contributed by atoms with van der Waals surface area (Å²) < 4.78 is 0. The summed E-state index contributed by atoms with van der Waals surface area (Å²) in [5.74, 6) is 0. The van der Waals surface area contributed by atoms with Crippen molar-refractivity contribution in [1.29, 1.82) is 0 Å². The van der Waals surface area contributed by atoms with Crippen LogP contribution in [-0.2, 0) is 0 Å². The number of pyridine rings is 1. The number of benzene rings is 2. The number of nitrogens with zero attached hydrogens (tertiary/aromatic N) is 1. The molecule has 3 aromatic rings. The molecule has 0 aliphatic rings. The van der Waals surface area contributed by atoms with Crippen molar-refractivity contribution in [2.45, 2.75) is 20.3 Å². The predicted molar refractivity (Wildman–Crippen MR) is 75.2 cm³/mol. The highest BCUT2D eigenvalue weighted by Crippen LogP contribution is 2.18. The van der Waals surface area contributed by atoms with Crippen LogP contribution < -0.4 is 0 Å². The fourth-order valence-corrected chi connectivity index (χ4v) is 1.72. The third-order valence-corrected chi connectivity index (χ3v) is 2.43. The van der Waals surface area contributed by atoms with Crippen molar-refractivity contribution in [2.24, 2.45) is 0 Å². The lowest BCUT2D eigenvalue weighted by molar-refractivity contribution is 1.09. The molecule has 1 heterocycles. The molecule has 3 rings (SSSR count). The second-order valence-corrected chi connectivity index (χ2v) is 4.08. The molecule has 0 unspecified atom stereocenters. The minimum Gasteiger partial charge on any atom is -0.248 e. The van der Waals surface area contributed by atoms with E-state index in [2.05, 4.69) is 37.0 Å². The molecule has 0 radical (unpaired) electrons. The molecule has 1 aromatic heterocycles. The number of hydrogen-bond donors (Lipinski definition) is 0. The summed E-state index contributed by atoms with van der Waals surface area (Å²) in [7, 11) is 0. The van der Waals surface area contributed by atoms with E-state index in [9.17, 15) is 0 Å². The molecule has 17 heavy (non-hydrogen) atoms. The molecule has 0 bridgehead atoms. The average molecular weight is 223 g/mol. The van der Waals surface area contributed by atoms with Crippen LogP contribution in [0.5, 0.6) is 0 Å². The Morgan fingerprint density at radius 1 is 0.765 bits per heavy atom. The lowest BCUT2D eigenvalue weighted by Crippen LogP contribution is -1.80. The molecule has 1 heteroatoms. The maximum Gasteiger partial charge on any atom is 0.0709 e. The maximum atomic E-state index is 4.58. The van der Waals surface area contributed by atoms with Crippen LogP contribution >= 0.6 is 0 Å². The highest BCUT2D eigenvalue weighted by molar-refractivity contribution is 5.92. The first-order chi connectivity index (χ1) is 8.35. The minimum atomic E-state index is 1.06. The van der Waals surface area contributed by atoms with Gasteiger partial charge in [0, 0.05) is 10.8 Å². The fourth-order valence-electron chi connectivity index (χ4n) is 1.72. The summed E-state index contributed by atoms with van der Waals surface area (Å²) in [6.45, 7) is 4.25. The van der Waals surface area contributed by atoms with E-state index in [1.54, 1.807) is 0 Å². The molecule has 86 valence electrons. The van der Waals surface area contributed by atoms with Crippen molar-refractivity contribution < 1.29 is 0 Å². The second kappa shape index (κ2) is 5.44. The van der Waals surface area contributed by atoms with Crippen molar-refractivity contribution in [3.8, 4) is 0 Å². The third-order valence-electron chi connectivity index (χ3n) is 2.43. The van der Waals surface area contributed by atoms with Gasteiger partial charge in [0.25, 0.3) is 0 Å². The highest BCUT2D eigenvalue weighted by atomic mass is 14.7. The van der Waals surface area contributed by atoms with Crippen molar-refractivity contribution in [1.82, 2.24) is 4.98 Å². The lowest BCUT2D eigenvalue weighted by atomic mass is 10.1. The van der Waals surface area contributed by atoms with Crippen LogP contribution in [0.1, 0.15) is 20.3 Å². The van der Waals surface area contributed by atoms with E-state index in [1.165, 1.54) is 17.2 Å². The first-order valence-electron chi connectivity index (χ1n) is 6.09. The lowest BCUT2D eigenvalue weighted by Gasteiger charge is -1.99. The van der Waals surface area contributed by atoms with E-state index in [4.69, 9.17) is 0 Å². The van der Waals surface area contributed by atoms with E-state index >= 15 is 0 Å². The van der Waals surface area contributed by atoms with Gasteiger partial charge in [-0.3, -0.25) is 0 Å². The third kappa shape index (κ3) is 2.62. The number of hydrogen-bond acceptors (Lipinski definition) is 1. The Bertz CT molecular complexity index is 509. The number of rotatable bonds is 0. The Morgan fingerprint density at radius 2 is 1.18 bits per heavy atom. The van der Waals surface area contributed by atoms with Crippen molar-refractivity contribution in [2.75, 3.05) is 0 Å². The van der Waals surface area contributed by atoms with Gasteiger partial charge < -0.3 is 0 Å². The van der Waals surface area contributed by atoms with Crippen LogP contribution in [0.15, 0.2) is 54.6 Å². The Balaban J connectivity index is 0.000000329. The number of fused-ring (bicyclic) bond motifs is 2. The summed E-state index contributed by atoms with van der Waals surface area (Å²) in [6.07, 6.45) is 1.25. The monoisotopic (exact) mass is 223 g/mol. The van der Waals surface area contributed by atoms with Crippen LogP contribution in [0, 0.1) is 0 Å². The van der Waals surface area contributed by atoms with Crippen LogP contribution in [0.2, 0.25) is 0 Å². The maximum absolute atomic E-state index is 4.58. The van der Waals surface area contributed by atoms with Crippen LogP contribution in [-0.4, -0.2) is 4.98 Å².